The lowest BCUT2D eigenvalue weighted by molar-refractivity contribution is 0.0696. The molecule has 16 heavy (non-hydrogen) atoms. The minimum atomic E-state index is -0.933. The molecule has 1 heterocycles. The van der Waals surface area contributed by atoms with Crippen LogP contribution < -0.4 is 4.90 Å². The van der Waals surface area contributed by atoms with E-state index in [1.807, 2.05) is 7.05 Å². The van der Waals surface area contributed by atoms with E-state index in [1.54, 1.807) is 12.1 Å². The molecule has 1 aromatic rings. The topological polar surface area (TPSA) is 53.4 Å². The van der Waals surface area contributed by atoms with Gasteiger partial charge in [0.1, 0.15) is 5.82 Å². The molecule has 1 aliphatic rings. The Kier molecular flexibility index (Phi) is 2.81. The van der Waals surface area contributed by atoms with Crippen LogP contribution >= 0.6 is 0 Å². The van der Waals surface area contributed by atoms with Gasteiger partial charge in [-0.05, 0) is 30.4 Å². The molecule has 0 radical (unpaired) electrons. The fourth-order valence-corrected chi connectivity index (χ4v) is 1.84. The maximum absolute atomic E-state index is 10.7. The summed E-state index contributed by atoms with van der Waals surface area (Å²) in [6.45, 7) is 3.25. The number of carboxylic acids is 1. The molecule has 1 saturated carbocycles. The third-order valence-corrected chi connectivity index (χ3v) is 3.17. The van der Waals surface area contributed by atoms with Crippen LogP contribution in [0.2, 0.25) is 0 Å². The summed E-state index contributed by atoms with van der Waals surface area (Å²) in [6, 6.07) is 3.36. The van der Waals surface area contributed by atoms with E-state index in [0.29, 0.717) is 0 Å². The van der Waals surface area contributed by atoms with E-state index in [0.717, 1.165) is 24.2 Å². The molecule has 2 unspecified atom stereocenters. The lowest BCUT2D eigenvalue weighted by atomic mass is 10.2. The van der Waals surface area contributed by atoms with Gasteiger partial charge in [-0.25, -0.2) is 9.78 Å². The van der Waals surface area contributed by atoms with Gasteiger partial charge in [0.05, 0.1) is 5.56 Å². The number of nitrogens with zero attached hydrogens (tertiary/aromatic N) is 2. The Bertz CT molecular complexity index is 389. The molecular weight excluding hydrogens is 204 g/mol. The Hall–Kier alpha value is -1.58. The number of pyridine rings is 1. The number of hydrogen-bond acceptors (Lipinski definition) is 3. The smallest absolute Gasteiger partial charge is 0.337 e. The molecule has 0 spiro atoms. The summed E-state index contributed by atoms with van der Waals surface area (Å²) in [5.74, 6) is 1.49. The van der Waals surface area contributed by atoms with E-state index in [2.05, 4.69) is 16.8 Å². The number of aromatic carboxylic acids is 1. The van der Waals surface area contributed by atoms with Crippen molar-refractivity contribution in [3.8, 4) is 0 Å². The molecule has 2 atom stereocenters. The van der Waals surface area contributed by atoms with Gasteiger partial charge < -0.3 is 10.0 Å². The van der Waals surface area contributed by atoms with Gasteiger partial charge in [-0.15, -0.1) is 0 Å². The lowest BCUT2D eigenvalue weighted by Gasteiger charge is -2.17. The van der Waals surface area contributed by atoms with Gasteiger partial charge in [0.25, 0.3) is 0 Å². The van der Waals surface area contributed by atoms with Gasteiger partial charge in [-0.2, -0.15) is 0 Å². The molecule has 2 rings (SSSR count). The predicted octanol–water partition coefficient (Wildman–Crippen LogP) is 1.87. The van der Waals surface area contributed by atoms with Crippen LogP contribution in [0.3, 0.4) is 0 Å². The maximum Gasteiger partial charge on any atom is 0.337 e. The van der Waals surface area contributed by atoms with Crippen LogP contribution in [0.15, 0.2) is 18.3 Å². The fraction of sp³-hybridized carbons (Fsp3) is 0.500. The lowest BCUT2D eigenvalue weighted by Crippen LogP contribution is -2.21. The first-order chi connectivity index (χ1) is 7.58. The molecule has 4 nitrogen and oxygen atoms in total. The van der Waals surface area contributed by atoms with Crippen LogP contribution in [0.1, 0.15) is 23.7 Å². The van der Waals surface area contributed by atoms with E-state index in [-0.39, 0.29) is 5.56 Å². The molecule has 0 amide bonds. The molecular formula is C12H16N2O2. The zero-order valence-corrected chi connectivity index (χ0v) is 9.55. The highest BCUT2D eigenvalue weighted by atomic mass is 16.4. The average molecular weight is 220 g/mol. The van der Waals surface area contributed by atoms with Crippen LogP contribution in [0.5, 0.6) is 0 Å². The molecule has 1 aromatic heterocycles. The summed E-state index contributed by atoms with van der Waals surface area (Å²) in [5.41, 5.74) is 0.233. The first-order valence-corrected chi connectivity index (χ1v) is 5.48. The van der Waals surface area contributed by atoms with Gasteiger partial charge in [-0.1, -0.05) is 6.92 Å². The minimum Gasteiger partial charge on any atom is -0.478 e. The second kappa shape index (κ2) is 4.12. The number of carboxylic acid groups (broad SMARTS) is 1. The molecule has 1 aliphatic carbocycles. The Balaban J connectivity index is 2.00. The van der Waals surface area contributed by atoms with Crippen molar-refractivity contribution < 1.29 is 9.90 Å². The highest BCUT2D eigenvalue weighted by Crippen LogP contribution is 2.38. The van der Waals surface area contributed by atoms with Crippen LogP contribution in [-0.2, 0) is 0 Å². The van der Waals surface area contributed by atoms with Gasteiger partial charge in [-0.3, -0.25) is 0 Å². The number of anilines is 1. The van der Waals surface area contributed by atoms with Crippen molar-refractivity contribution in [2.24, 2.45) is 11.8 Å². The van der Waals surface area contributed by atoms with Gasteiger partial charge in [0.2, 0.25) is 0 Å². The summed E-state index contributed by atoms with van der Waals surface area (Å²) in [4.78, 5) is 16.9. The second-order valence-corrected chi connectivity index (χ2v) is 4.56. The van der Waals surface area contributed by atoms with Crippen molar-refractivity contribution in [1.82, 2.24) is 4.98 Å². The van der Waals surface area contributed by atoms with E-state index < -0.39 is 5.97 Å². The minimum absolute atomic E-state index is 0.233. The third-order valence-electron chi connectivity index (χ3n) is 3.17. The average Bonchev–Trinajstić information content (AvgIpc) is 2.94. The van der Waals surface area contributed by atoms with Crippen LogP contribution in [0, 0.1) is 11.8 Å². The third kappa shape index (κ3) is 2.32. The van der Waals surface area contributed by atoms with Crippen LogP contribution in [0.25, 0.3) is 0 Å². The normalized spacial score (nSPS) is 22.9. The molecule has 1 N–H and O–H groups in total. The van der Waals surface area contributed by atoms with E-state index in [4.69, 9.17) is 5.11 Å². The molecule has 0 bridgehead atoms. The Labute approximate surface area is 94.9 Å². The molecule has 4 heteroatoms. The Morgan fingerprint density at radius 3 is 2.75 bits per heavy atom. The first kappa shape index (κ1) is 10.9. The van der Waals surface area contributed by atoms with E-state index in [1.165, 1.54) is 12.6 Å². The van der Waals surface area contributed by atoms with Gasteiger partial charge >= 0.3 is 5.97 Å². The SMILES string of the molecule is CC1CC1CN(C)c1ccc(C(=O)O)cn1. The zero-order valence-electron chi connectivity index (χ0n) is 9.55. The first-order valence-electron chi connectivity index (χ1n) is 5.48. The van der Waals surface area contributed by atoms with Crippen molar-refractivity contribution in [3.63, 3.8) is 0 Å². The fourth-order valence-electron chi connectivity index (χ4n) is 1.84. The second-order valence-electron chi connectivity index (χ2n) is 4.56. The van der Waals surface area contributed by atoms with Crippen molar-refractivity contribution in [1.29, 1.82) is 0 Å². The predicted molar refractivity (Wildman–Crippen MR) is 61.7 cm³/mol. The van der Waals surface area contributed by atoms with Crippen LogP contribution in [-0.4, -0.2) is 29.7 Å². The molecule has 0 saturated heterocycles. The van der Waals surface area contributed by atoms with E-state index in [9.17, 15) is 4.79 Å². The van der Waals surface area contributed by atoms with E-state index >= 15 is 0 Å². The maximum atomic E-state index is 10.7. The quantitative estimate of drug-likeness (QED) is 0.841. The summed E-state index contributed by atoms with van der Waals surface area (Å²) in [7, 11) is 1.99. The van der Waals surface area contributed by atoms with Gasteiger partial charge in [0.15, 0.2) is 0 Å². The molecule has 0 aromatic carbocycles. The zero-order chi connectivity index (χ0) is 11.7. The highest BCUT2D eigenvalue weighted by Gasteiger charge is 2.33. The largest absolute Gasteiger partial charge is 0.478 e. The summed E-state index contributed by atoms with van der Waals surface area (Å²) in [5, 5.41) is 8.75. The number of rotatable bonds is 4. The number of aromatic nitrogens is 1. The Morgan fingerprint density at radius 1 is 1.62 bits per heavy atom. The van der Waals surface area contributed by atoms with Gasteiger partial charge in [0, 0.05) is 19.8 Å². The Morgan fingerprint density at radius 2 is 2.31 bits per heavy atom. The molecule has 0 aliphatic heterocycles. The standard InChI is InChI=1S/C12H16N2O2/c1-8-5-10(8)7-14(2)11-4-3-9(6-13-11)12(15)16/h3-4,6,8,10H,5,7H2,1-2H3,(H,15,16). The summed E-state index contributed by atoms with van der Waals surface area (Å²) < 4.78 is 0. The number of carbonyl (C=O) groups is 1. The molecule has 86 valence electrons. The number of hydrogen-bond donors (Lipinski definition) is 1. The van der Waals surface area contributed by atoms with Crippen LogP contribution in [0.4, 0.5) is 5.82 Å². The van der Waals surface area contributed by atoms with Crippen molar-refractivity contribution in [2.45, 2.75) is 13.3 Å². The van der Waals surface area contributed by atoms with Crippen molar-refractivity contribution >= 4 is 11.8 Å². The molecule has 1 fully saturated rings. The summed E-state index contributed by atoms with van der Waals surface area (Å²) in [6.07, 6.45) is 2.70. The highest BCUT2D eigenvalue weighted by molar-refractivity contribution is 5.87. The van der Waals surface area contributed by atoms with Crippen molar-refractivity contribution in [2.75, 3.05) is 18.5 Å². The van der Waals surface area contributed by atoms with Crippen molar-refractivity contribution in [3.05, 3.63) is 23.9 Å². The monoisotopic (exact) mass is 220 g/mol. The summed E-state index contributed by atoms with van der Waals surface area (Å²) >= 11 is 0.